The van der Waals surface area contributed by atoms with Crippen LogP contribution in [-0.4, -0.2) is 8.42 Å². The molecule has 0 aromatic heterocycles. The minimum atomic E-state index is -3.63. The van der Waals surface area contributed by atoms with Gasteiger partial charge in [-0.05, 0) is 51.7 Å². The van der Waals surface area contributed by atoms with Gasteiger partial charge in [0.2, 0.25) is 0 Å². The van der Waals surface area contributed by atoms with Crippen molar-refractivity contribution in [3.63, 3.8) is 0 Å². The summed E-state index contributed by atoms with van der Waals surface area (Å²) in [6.07, 6.45) is 0. The molecule has 0 bridgehead atoms. The molecule has 2 aromatic carbocycles. The smallest absolute Gasteiger partial charge is 0.263 e. The zero-order valence-electron chi connectivity index (χ0n) is 11.6. The summed E-state index contributed by atoms with van der Waals surface area (Å²) in [5, 5.41) is 0. The summed E-state index contributed by atoms with van der Waals surface area (Å²) in [5.74, 6) is 0.234. The van der Waals surface area contributed by atoms with E-state index in [1.54, 1.807) is 24.3 Å². The van der Waals surface area contributed by atoms with Gasteiger partial charge >= 0.3 is 0 Å². The zero-order valence-corrected chi connectivity index (χ0v) is 15.6. The Kier molecular flexibility index (Phi) is 5.11. The molecule has 0 amide bonds. The first-order valence-electron chi connectivity index (χ1n) is 6.38. The maximum absolute atomic E-state index is 12.6. The second-order valence-electron chi connectivity index (χ2n) is 4.92. The number of para-hydroxylation sites is 1. The van der Waals surface area contributed by atoms with Crippen LogP contribution in [0.4, 0.5) is 5.69 Å². The molecule has 2 rings (SSSR count). The van der Waals surface area contributed by atoms with E-state index in [2.05, 4.69) is 36.6 Å². The average molecular weight is 433 g/mol. The first-order valence-corrected chi connectivity index (χ1v) is 9.45. The number of halogens is 2. The highest BCUT2D eigenvalue weighted by Crippen LogP contribution is 2.30. The minimum Gasteiger partial charge on any atom is -0.279 e. The Bertz CT molecular complexity index is 758. The lowest BCUT2D eigenvalue weighted by Crippen LogP contribution is -2.15. The lowest BCUT2D eigenvalue weighted by Gasteiger charge is -2.15. The Morgan fingerprint density at radius 2 is 1.71 bits per heavy atom. The number of sulfonamides is 1. The predicted octanol–water partition coefficient (Wildman–Crippen LogP) is 5.14. The molecule has 0 heterocycles. The van der Waals surface area contributed by atoms with E-state index in [1.165, 1.54) is 0 Å². The lowest BCUT2D eigenvalue weighted by atomic mass is 10.0. The molecule has 0 atom stereocenters. The van der Waals surface area contributed by atoms with Crippen LogP contribution in [0.2, 0.25) is 0 Å². The molecule has 0 spiro atoms. The van der Waals surface area contributed by atoms with E-state index in [-0.39, 0.29) is 10.8 Å². The van der Waals surface area contributed by atoms with Crippen LogP contribution in [0.3, 0.4) is 0 Å². The van der Waals surface area contributed by atoms with Crippen molar-refractivity contribution in [2.24, 2.45) is 0 Å². The summed E-state index contributed by atoms with van der Waals surface area (Å²) in [5.41, 5.74) is 1.58. The van der Waals surface area contributed by atoms with Crippen LogP contribution < -0.4 is 4.72 Å². The minimum absolute atomic E-state index is 0.212. The molecule has 21 heavy (non-hydrogen) atoms. The van der Waals surface area contributed by atoms with Gasteiger partial charge in [-0.3, -0.25) is 4.72 Å². The van der Waals surface area contributed by atoms with Crippen LogP contribution >= 0.6 is 31.9 Å². The third kappa shape index (κ3) is 3.87. The van der Waals surface area contributed by atoms with Gasteiger partial charge in [0.05, 0.1) is 5.69 Å². The number of anilines is 1. The third-order valence-electron chi connectivity index (χ3n) is 3.01. The topological polar surface area (TPSA) is 46.2 Å². The highest BCUT2D eigenvalue weighted by molar-refractivity contribution is 9.11. The molecule has 0 aliphatic rings. The van der Waals surface area contributed by atoms with Crippen LogP contribution in [0, 0.1) is 0 Å². The molecular formula is C15H15Br2NO2S. The Balaban J connectivity index is 2.43. The van der Waals surface area contributed by atoms with Gasteiger partial charge < -0.3 is 0 Å². The fraction of sp³-hybridized carbons (Fsp3) is 0.200. The molecule has 2 aromatic rings. The average Bonchev–Trinajstić information content (AvgIpc) is 2.37. The number of hydrogen-bond acceptors (Lipinski definition) is 2. The quantitative estimate of drug-likeness (QED) is 0.727. The van der Waals surface area contributed by atoms with Crippen molar-refractivity contribution in [3.05, 3.63) is 57.0 Å². The van der Waals surface area contributed by atoms with Gasteiger partial charge in [-0.25, -0.2) is 8.42 Å². The maximum atomic E-state index is 12.6. The first kappa shape index (κ1) is 16.5. The summed E-state index contributed by atoms with van der Waals surface area (Å²) in [4.78, 5) is 0.212. The van der Waals surface area contributed by atoms with E-state index in [4.69, 9.17) is 0 Å². The largest absolute Gasteiger partial charge is 0.279 e. The molecule has 112 valence electrons. The molecule has 0 saturated carbocycles. The Labute approximate surface area is 142 Å². The summed E-state index contributed by atoms with van der Waals surface area (Å²) < 4.78 is 29.1. The first-order chi connectivity index (χ1) is 9.81. The summed E-state index contributed by atoms with van der Waals surface area (Å²) in [6.45, 7) is 4.06. The molecule has 0 aliphatic heterocycles. The summed E-state index contributed by atoms with van der Waals surface area (Å²) >= 11 is 6.61. The van der Waals surface area contributed by atoms with Crippen LogP contribution in [-0.2, 0) is 10.0 Å². The molecule has 0 radical (unpaired) electrons. The van der Waals surface area contributed by atoms with Crippen LogP contribution in [0.5, 0.6) is 0 Å². The van der Waals surface area contributed by atoms with E-state index in [0.29, 0.717) is 10.2 Å². The van der Waals surface area contributed by atoms with Gasteiger partial charge in [-0.2, -0.15) is 0 Å². The molecule has 0 fully saturated rings. The van der Waals surface area contributed by atoms with Crippen molar-refractivity contribution >= 4 is 47.6 Å². The van der Waals surface area contributed by atoms with Gasteiger partial charge in [-0.15, -0.1) is 0 Å². The summed E-state index contributed by atoms with van der Waals surface area (Å²) in [6, 6.07) is 12.4. The Hall–Kier alpha value is -0.850. The van der Waals surface area contributed by atoms with Crippen molar-refractivity contribution in [2.75, 3.05) is 4.72 Å². The molecule has 3 nitrogen and oxygen atoms in total. The van der Waals surface area contributed by atoms with E-state index < -0.39 is 10.0 Å². The Morgan fingerprint density at radius 3 is 2.33 bits per heavy atom. The van der Waals surface area contributed by atoms with Crippen LogP contribution in [0.25, 0.3) is 0 Å². The van der Waals surface area contributed by atoms with Crippen molar-refractivity contribution in [3.8, 4) is 0 Å². The molecule has 0 saturated heterocycles. The predicted molar refractivity (Wildman–Crippen MR) is 93.2 cm³/mol. The second kappa shape index (κ2) is 6.50. The van der Waals surface area contributed by atoms with Gasteiger partial charge in [-0.1, -0.05) is 48.0 Å². The van der Waals surface area contributed by atoms with Crippen molar-refractivity contribution in [2.45, 2.75) is 24.7 Å². The molecule has 6 heteroatoms. The SMILES string of the molecule is CC(C)c1ccccc1NS(=O)(=O)c1ccc(Br)cc1Br. The zero-order chi connectivity index (χ0) is 15.6. The van der Waals surface area contributed by atoms with Crippen LogP contribution in [0.15, 0.2) is 56.3 Å². The Morgan fingerprint density at radius 1 is 1.05 bits per heavy atom. The third-order valence-corrected chi connectivity index (χ3v) is 5.85. The molecule has 0 aliphatic carbocycles. The highest BCUT2D eigenvalue weighted by Gasteiger charge is 2.19. The summed E-state index contributed by atoms with van der Waals surface area (Å²) in [7, 11) is -3.63. The fourth-order valence-corrected chi connectivity index (χ4v) is 4.82. The number of benzene rings is 2. The molecule has 0 unspecified atom stereocenters. The van der Waals surface area contributed by atoms with Crippen molar-refractivity contribution < 1.29 is 8.42 Å². The normalized spacial score (nSPS) is 11.7. The van der Waals surface area contributed by atoms with Gasteiger partial charge in [0.25, 0.3) is 10.0 Å². The lowest BCUT2D eigenvalue weighted by molar-refractivity contribution is 0.600. The molecule has 1 N–H and O–H groups in total. The molecular weight excluding hydrogens is 418 g/mol. The van der Waals surface area contributed by atoms with E-state index in [0.717, 1.165) is 10.0 Å². The van der Waals surface area contributed by atoms with Crippen molar-refractivity contribution in [1.82, 2.24) is 0 Å². The standard InChI is InChI=1S/C15H15Br2NO2S/c1-10(2)12-5-3-4-6-14(12)18-21(19,20)15-8-7-11(16)9-13(15)17/h3-10,18H,1-2H3. The van der Waals surface area contributed by atoms with Crippen LogP contribution in [0.1, 0.15) is 25.3 Å². The maximum Gasteiger partial charge on any atom is 0.263 e. The fourth-order valence-electron chi connectivity index (χ4n) is 1.99. The van der Waals surface area contributed by atoms with E-state index in [1.807, 2.05) is 32.0 Å². The van der Waals surface area contributed by atoms with E-state index >= 15 is 0 Å². The second-order valence-corrected chi connectivity index (χ2v) is 8.34. The number of rotatable bonds is 4. The number of nitrogens with one attached hydrogen (secondary N) is 1. The van der Waals surface area contributed by atoms with Gasteiger partial charge in [0, 0.05) is 8.95 Å². The van der Waals surface area contributed by atoms with Gasteiger partial charge in [0.15, 0.2) is 0 Å². The van der Waals surface area contributed by atoms with Gasteiger partial charge in [0.1, 0.15) is 4.90 Å². The monoisotopic (exact) mass is 431 g/mol. The van der Waals surface area contributed by atoms with Crippen molar-refractivity contribution in [1.29, 1.82) is 0 Å². The number of hydrogen-bond donors (Lipinski definition) is 1. The highest BCUT2D eigenvalue weighted by atomic mass is 79.9. The van der Waals surface area contributed by atoms with E-state index in [9.17, 15) is 8.42 Å².